The van der Waals surface area contributed by atoms with Crippen molar-refractivity contribution in [1.29, 1.82) is 0 Å². The Bertz CT molecular complexity index is 1400. The van der Waals surface area contributed by atoms with Gasteiger partial charge in [0, 0.05) is 0 Å². The van der Waals surface area contributed by atoms with Gasteiger partial charge in [0.25, 0.3) is 5.56 Å². The van der Waals surface area contributed by atoms with Crippen molar-refractivity contribution in [1.82, 2.24) is 4.57 Å². The minimum Gasteiger partial charge on any atom is -0.272 e. The van der Waals surface area contributed by atoms with E-state index in [0.717, 1.165) is 27.2 Å². The van der Waals surface area contributed by atoms with Crippen molar-refractivity contribution in [3.8, 4) is 0 Å². The molecule has 0 radical (unpaired) electrons. The number of hydrogen-bond donors (Lipinski definition) is 0. The maximum absolute atomic E-state index is 13.4. The fourth-order valence-corrected chi connectivity index (χ4v) is 4.67. The Labute approximate surface area is 178 Å². The largest absolute Gasteiger partial charge is 0.272 e. The normalized spacial score (nSPS) is 16.0. The Morgan fingerprint density at radius 3 is 2.27 bits per heavy atom. The third-order valence-corrected chi connectivity index (χ3v) is 6.22. The Kier molecular flexibility index (Phi) is 4.77. The molecule has 1 aliphatic rings. The SMILES string of the molecule is Cc1ccc(C=c2sc3n(c2=O)C(c2ccccc2)C=C(c2ccccc2)N=3)cc1. The molecule has 1 atom stereocenters. The molecule has 146 valence electrons. The van der Waals surface area contributed by atoms with E-state index in [1.165, 1.54) is 16.9 Å². The molecule has 0 spiro atoms. The lowest BCUT2D eigenvalue weighted by Crippen LogP contribution is -2.36. The van der Waals surface area contributed by atoms with E-state index >= 15 is 0 Å². The monoisotopic (exact) mass is 408 g/mol. The maximum Gasteiger partial charge on any atom is 0.271 e. The van der Waals surface area contributed by atoms with Gasteiger partial charge in [-0.05, 0) is 35.8 Å². The molecule has 0 aliphatic carbocycles. The molecule has 0 amide bonds. The quantitative estimate of drug-likeness (QED) is 0.497. The predicted octanol–water partition coefficient (Wildman–Crippen LogP) is 4.31. The van der Waals surface area contributed by atoms with Crippen molar-refractivity contribution in [2.24, 2.45) is 4.99 Å². The predicted molar refractivity (Wildman–Crippen MR) is 123 cm³/mol. The molecule has 0 bridgehead atoms. The molecule has 0 saturated heterocycles. The molecular weight excluding hydrogens is 388 g/mol. The van der Waals surface area contributed by atoms with Crippen LogP contribution in [0.25, 0.3) is 11.8 Å². The second-order valence-corrected chi connectivity index (χ2v) is 8.37. The number of fused-ring (bicyclic) bond motifs is 1. The summed E-state index contributed by atoms with van der Waals surface area (Å²) < 4.78 is 2.51. The van der Waals surface area contributed by atoms with Crippen LogP contribution in [0.2, 0.25) is 0 Å². The van der Waals surface area contributed by atoms with Gasteiger partial charge in [-0.15, -0.1) is 0 Å². The van der Waals surface area contributed by atoms with E-state index in [0.29, 0.717) is 4.53 Å². The standard InChI is InChI=1S/C26H20N2OS/c1-18-12-14-19(15-13-18)16-24-25(29)28-23(21-10-6-3-7-11-21)17-22(27-26(28)30-24)20-8-4-2-5-9-20/h2-17,23H,1H3. The molecule has 1 aromatic heterocycles. The smallest absolute Gasteiger partial charge is 0.271 e. The zero-order chi connectivity index (χ0) is 20.5. The minimum atomic E-state index is -0.183. The Morgan fingerprint density at radius 2 is 1.57 bits per heavy atom. The summed E-state index contributed by atoms with van der Waals surface area (Å²) in [7, 11) is 0. The first kappa shape index (κ1) is 18.5. The molecule has 4 heteroatoms. The third-order valence-electron chi connectivity index (χ3n) is 5.23. The molecule has 1 unspecified atom stereocenters. The van der Waals surface area contributed by atoms with E-state index in [1.54, 1.807) is 0 Å². The highest BCUT2D eigenvalue weighted by molar-refractivity contribution is 7.07. The second kappa shape index (κ2) is 7.73. The van der Waals surface area contributed by atoms with Crippen LogP contribution in [0.1, 0.15) is 28.3 Å². The summed E-state index contributed by atoms with van der Waals surface area (Å²) in [6, 6.07) is 28.3. The number of aromatic nitrogens is 1. The van der Waals surface area contributed by atoms with Crippen molar-refractivity contribution in [3.05, 3.63) is 133 Å². The van der Waals surface area contributed by atoms with Crippen LogP contribution < -0.4 is 14.9 Å². The number of nitrogens with zero attached hydrogens (tertiary/aromatic N) is 2. The number of hydrogen-bond acceptors (Lipinski definition) is 3. The Hall–Kier alpha value is -3.50. The fourth-order valence-electron chi connectivity index (χ4n) is 3.65. The molecule has 30 heavy (non-hydrogen) atoms. The van der Waals surface area contributed by atoms with Crippen LogP contribution in [0.15, 0.2) is 101 Å². The molecule has 2 heterocycles. The molecule has 4 aromatic rings. The number of aryl methyl sites for hydroxylation is 1. The van der Waals surface area contributed by atoms with Crippen LogP contribution in [0.3, 0.4) is 0 Å². The van der Waals surface area contributed by atoms with E-state index in [9.17, 15) is 4.79 Å². The lowest BCUT2D eigenvalue weighted by molar-refractivity contribution is 0.644. The van der Waals surface area contributed by atoms with Crippen LogP contribution in [0.4, 0.5) is 0 Å². The highest BCUT2D eigenvalue weighted by atomic mass is 32.1. The Morgan fingerprint density at radius 1 is 0.900 bits per heavy atom. The summed E-state index contributed by atoms with van der Waals surface area (Å²) in [5.41, 5.74) is 5.23. The highest BCUT2D eigenvalue weighted by Gasteiger charge is 2.22. The molecular formula is C26H20N2OS. The first-order valence-electron chi connectivity index (χ1n) is 9.90. The summed E-state index contributed by atoms with van der Waals surface area (Å²) >= 11 is 1.45. The van der Waals surface area contributed by atoms with Gasteiger partial charge in [0.15, 0.2) is 4.80 Å². The summed E-state index contributed by atoms with van der Waals surface area (Å²) in [5.74, 6) is 0. The van der Waals surface area contributed by atoms with Crippen LogP contribution >= 0.6 is 11.3 Å². The van der Waals surface area contributed by atoms with Crippen LogP contribution in [-0.4, -0.2) is 4.57 Å². The highest BCUT2D eigenvalue weighted by Crippen LogP contribution is 2.26. The van der Waals surface area contributed by atoms with Crippen molar-refractivity contribution >= 4 is 23.1 Å². The average Bonchev–Trinajstić information content (AvgIpc) is 3.11. The minimum absolute atomic E-state index is 0.00320. The summed E-state index contributed by atoms with van der Waals surface area (Å²) in [6.07, 6.45) is 4.04. The zero-order valence-electron chi connectivity index (χ0n) is 16.5. The van der Waals surface area contributed by atoms with Gasteiger partial charge in [-0.3, -0.25) is 9.36 Å². The second-order valence-electron chi connectivity index (χ2n) is 7.36. The van der Waals surface area contributed by atoms with Crippen molar-refractivity contribution in [2.75, 3.05) is 0 Å². The van der Waals surface area contributed by atoms with E-state index in [4.69, 9.17) is 4.99 Å². The van der Waals surface area contributed by atoms with Crippen LogP contribution in [0, 0.1) is 6.92 Å². The molecule has 1 aliphatic heterocycles. The van der Waals surface area contributed by atoms with E-state index in [2.05, 4.69) is 49.4 Å². The summed E-state index contributed by atoms with van der Waals surface area (Å²) in [5, 5.41) is 0. The fraction of sp³-hybridized carbons (Fsp3) is 0.0769. The van der Waals surface area contributed by atoms with Gasteiger partial charge in [-0.1, -0.05) is 102 Å². The van der Waals surface area contributed by atoms with Crippen molar-refractivity contribution in [2.45, 2.75) is 13.0 Å². The van der Waals surface area contributed by atoms with Gasteiger partial charge in [0.2, 0.25) is 0 Å². The maximum atomic E-state index is 13.4. The zero-order valence-corrected chi connectivity index (χ0v) is 17.3. The molecule has 3 nitrogen and oxygen atoms in total. The molecule has 0 saturated carbocycles. The first-order chi connectivity index (χ1) is 14.7. The van der Waals surface area contributed by atoms with Crippen molar-refractivity contribution in [3.63, 3.8) is 0 Å². The number of thiazole rings is 1. The lowest BCUT2D eigenvalue weighted by atomic mass is 10.0. The van der Waals surface area contributed by atoms with E-state index in [1.807, 2.05) is 59.2 Å². The third kappa shape index (κ3) is 3.46. The van der Waals surface area contributed by atoms with E-state index in [-0.39, 0.29) is 11.6 Å². The van der Waals surface area contributed by atoms with Gasteiger partial charge >= 0.3 is 0 Å². The number of allylic oxidation sites excluding steroid dienone is 1. The first-order valence-corrected chi connectivity index (χ1v) is 10.7. The van der Waals surface area contributed by atoms with Crippen LogP contribution in [0.5, 0.6) is 0 Å². The average molecular weight is 409 g/mol. The topological polar surface area (TPSA) is 34.4 Å². The molecule has 3 aromatic carbocycles. The molecule has 5 rings (SSSR count). The lowest BCUT2D eigenvalue weighted by Gasteiger charge is -2.19. The number of benzene rings is 3. The molecule has 0 fully saturated rings. The van der Waals surface area contributed by atoms with Crippen molar-refractivity contribution < 1.29 is 0 Å². The number of rotatable bonds is 3. The van der Waals surface area contributed by atoms with Gasteiger partial charge in [-0.2, -0.15) is 0 Å². The van der Waals surface area contributed by atoms with Crippen LogP contribution in [-0.2, 0) is 0 Å². The summed E-state index contributed by atoms with van der Waals surface area (Å²) in [4.78, 5) is 18.9. The van der Waals surface area contributed by atoms with E-state index < -0.39 is 0 Å². The van der Waals surface area contributed by atoms with Gasteiger partial charge in [0.05, 0.1) is 16.3 Å². The summed E-state index contributed by atoms with van der Waals surface area (Å²) in [6.45, 7) is 2.06. The van der Waals surface area contributed by atoms with Gasteiger partial charge in [0.1, 0.15) is 0 Å². The Balaban J connectivity index is 1.73. The van der Waals surface area contributed by atoms with Gasteiger partial charge in [-0.25, -0.2) is 4.99 Å². The molecule has 0 N–H and O–H groups in total. The van der Waals surface area contributed by atoms with Gasteiger partial charge < -0.3 is 0 Å².